The van der Waals surface area contributed by atoms with Gasteiger partial charge in [-0.1, -0.05) is 12.1 Å². The van der Waals surface area contributed by atoms with Gasteiger partial charge in [-0.05, 0) is 29.8 Å². The maximum atomic E-state index is 13.0. The molecule has 0 amide bonds. The van der Waals surface area contributed by atoms with E-state index in [0.29, 0.717) is 11.1 Å². The standard InChI is InChI=1S/C13H11FN2O/c14-10-4-1-3-9(7-10)8-12(17)11-5-2-6-16-13(11)15/h1-7H,8H2,(H2,15,16). The van der Waals surface area contributed by atoms with Gasteiger partial charge in [0.2, 0.25) is 0 Å². The zero-order chi connectivity index (χ0) is 12.3. The fraction of sp³-hybridized carbons (Fsp3) is 0.0769. The first-order valence-electron chi connectivity index (χ1n) is 5.15. The minimum absolute atomic E-state index is 0.119. The summed E-state index contributed by atoms with van der Waals surface area (Å²) in [5, 5.41) is 0. The van der Waals surface area contributed by atoms with Crippen LogP contribution in [0.1, 0.15) is 15.9 Å². The van der Waals surface area contributed by atoms with Crippen molar-refractivity contribution in [3.8, 4) is 0 Å². The molecule has 1 heterocycles. The first-order valence-corrected chi connectivity index (χ1v) is 5.15. The van der Waals surface area contributed by atoms with Crippen molar-refractivity contribution in [2.45, 2.75) is 6.42 Å². The van der Waals surface area contributed by atoms with E-state index in [1.165, 1.54) is 18.3 Å². The van der Waals surface area contributed by atoms with Crippen molar-refractivity contribution in [1.82, 2.24) is 4.98 Å². The highest BCUT2D eigenvalue weighted by Gasteiger charge is 2.11. The highest BCUT2D eigenvalue weighted by molar-refractivity contribution is 6.01. The van der Waals surface area contributed by atoms with Crippen molar-refractivity contribution in [2.75, 3.05) is 5.73 Å². The van der Waals surface area contributed by atoms with Crippen LogP contribution in [0.25, 0.3) is 0 Å². The molecule has 17 heavy (non-hydrogen) atoms. The second kappa shape index (κ2) is 4.74. The predicted molar refractivity (Wildman–Crippen MR) is 63.1 cm³/mol. The Labute approximate surface area is 98.1 Å². The van der Waals surface area contributed by atoms with E-state index >= 15 is 0 Å². The van der Waals surface area contributed by atoms with Gasteiger partial charge in [0.15, 0.2) is 5.78 Å². The highest BCUT2D eigenvalue weighted by Crippen LogP contribution is 2.12. The Morgan fingerprint density at radius 2 is 2.12 bits per heavy atom. The van der Waals surface area contributed by atoms with Gasteiger partial charge in [0.1, 0.15) is 11.6 Å². The third-order valence-electron chi connectivity index (χ3n) is 2.39. The number of ketones is 1. The van der Waals surface area contributed by atoms with Crippen LogP contribution < -0.4 is 5.73 Å². The number of Topliss-reactive ketones (excluding diaryl/α,β-unsaturated/α-hetero) is 1. The summed E-state index contributed by atoms with van der Waals surface area (Å²) in [5.41, 5.74) is 6.59. The fourth-order valence-electron chi connectivity index (χ4n) is 1.58. The normalized spacial score (nSPS) is 10.2. The third kappa shape index (κ3) is 2.66. The average Bonchev–Trinajstić information content (AvgIpc) is 2.29. The quantitative estimate of drug-likeness (QED) is 0.822. The maximum absolute atomic E-state index is 13.0. The molecule has 0 saturated carbocycles. The summed E-state index contributed by atoms with van der Waals surface area (Å²) in [5.74, 6) is -0.315. The molecule has 0 aliphatic heterocycles. The minimum atomic E-state index is -0.352. The van der Waals surface area contributed by atoms with Crippen LogP contribution in [0.3, 0.4) is 0 Å². The number of halogens is 1. The maximum Gasteiger partial charge on any atom is 0.170 e. The molecule has 2 rings (SSSR count). The van der Waals surface area contributed by atoms with Gasteiger partial charge in [-0.15, -0.1) is 0 Å². The topological polar surface area (TPSA) is 56.0 Å². The minimum Gasteiger partial charge on any atom is -0.383 e. The lowest BCUT2D eigenvalue weighted by Crippen LogP contribution is -2.08. The van der Waals surface area contributed by atoms with Gasteiger partial charge in [0.05, 0.1) is 5.56 Å². The number of anilines is 1. The SMILES string of the molecule is Nc1ncccc1C(=O)Cc1cccc(F)c1. The lowest BCUT2D eigenvalue weighted by molar-refractivity contribution is 0.0993. The number of benzene rings is 1. The first kappa shape index (κ1) is 11.3. The molecule has 1 aromatic carbocycles. The zero-order valence-electron chi connectivity index (χ0n) is 9.06. The van der Waals surface area contributed by atoms with E-state index in [0.717, 1.165) is 0 Å². The molecule has 0 fully saturated rings. The van der Waals surface area contributed by atoms with Gasteiger partial charge in [-0.3, -0.25) is 4.79 Å². The molecule has 3 nitrogen and oxygen atoms in total. The van der Waals surface area contributed by atoms with Gasteiger partial charge in [-0.25, -0.2) is 9.37 Å². The molecular weight excluding hydrogens is 219 g/mol. The predicted octanol–water partition coefficient (Wildman–Crippen LogP) is 2.23. The molecule has 2 aromatic rings. The Hall–Kier alpha value is -2.23. The largest absolute Gasteiger partial charge is 0.383 e. The summed E-state index contributed by atoms with van der Waals surface area (Å²) >= 11 is 0. The molecule has 4 heteroatoms. The fourth-order valence-corrected chi connectivity index (χ4v) is 1.58. The van der Waals surface area contributed by atoms with E-state index in [2.05, 4.69) is 4.98 Å². The summed E-state index contributed by atoms with van der Waals surface area (Å²) in [6.07, 6.45) is 1.64. The van der Waals surface area contributed by atoms with Gasteiger partial charge in [0, 0.05) is 12.6 Å². The smallest absolute Gasteiger partial charge is 0.170 e. The van der Waals surface area contributed by atoms with Crippen molar-refractivity contribution in [1.29, 1.82) is 0 Å². The molecular formula is C13H11FN2O. The molecule has 0 aliphatic carbocycles. The van der Waals surface area contributed by atoms with Gasteiger partial charge in [0.25, 0.3) is 0 Å². The van der Waals surface area contributed by atoms with Crippen molar-refractivity contribution >= 4 is 11.6 Å². The molecule has 0 radical (unpaired) electrons. The van der Waals surface area contributed by atoms with Gasteiger partial charge < -0.3 is 5.73 Å². The molecule has 0 unspecified atom stereocenters. The van der Waals surface area contributed by atoms with E-state index in [-0.39, 0.29) is 23.8 Å². The average molecular weight is 230 g/mol. The molecule has 0 spiro atoms. The van der Waals surface area contributed by atoms with Crippen LogP contribution in [0.15, 0.2) is 42.6 Å². The van der Waals surface area contributed by atoms with Crippen LogP contribution >= 0.6 is 0 Å². The molecule has 1 aromatic heterocycles. The number of carbonyl (C=O) groups is 1. The lowest BCUT2D eigenvalue weighted by atomic mass is 10.0. The second-order valence-electron chi connectivity index (χ2n) is 3.67. The van der Waals surface area contributed by atoms with E-state index in [4.69, 9.17) is 5.73 Å². The molecule has 0 atom stereocenters. The van der Waals surface area contributed by atoms with Crippen LogP contribution in [-0.2, 0) is 6.42 Å². The first-order chi connectivity index (χ1) is 8.16. The van der Waals surface area contributed by atoms with E-state index in [9.17, 15) is 9.18 Å². The van der Waals surface area contributed by atoms with E-state index in [1.807, 2.05) is 0 Å². The number of nitrogen functional groups attached to an aromatic ring is 1. The molecule has 0 aliphatic rings. The summed E-state index contributed by atoms with van der Waals surface area (Å²) < 4.78 is 13.0. The van der Waals surface area contributed by atoms with Crippen LogP contribution in [0, 0.1) is 5.82 Å². The number of pyridine rings is 1. The summed E-state index contributed by atoms with van der Waals surface area (Å²) in [6, 6.07) is 9.22. The van der Waals surface area contributed by atoms with Crippen LogP contribution in [0.5, 0.6) is 0 Å². The van der Waals surface area contributed by atoms with Gasteiger partial charge >= 0.3 is 0 Å². The number of hydrogen-bond acceptors (Lipinski definition) is 3. The molecule has 2 N–H and O–H groups in total. The summed E-state index contributed by atoms with van der Waals surface area (Å²) in [4.78, 5) is 15.7. The van der Waals surface area contributed by atoms with Crippen molar-refractivity contribution in [3.63, 3.8) is 0 Å². The number of rotatable bonds is 3. The summed E-state index contributed by atoms with van der Waals surface area (Å²) in [7, 11) is 0. The lowest BCUT2D eigenvalue weighted by Gasteiger charge is -2.03. The number of nitrogens with zero attached hydrogens (tertiary/aromatic N) is 1. The third-order valence-corrected chi connectivity index (χ3v) is 2.39. The van der Waals surface area contributed by atoms with Gasteiger partial charge in [-0.2, -0.15) is 0 Å². The summed E-state index contributed by atoms with van der Waals surface area (Å²) in [6.45, 7) is 0. The Morgan fingerprint density at radius 1 is 1.29 bits per heavy atom. The Bertz CT molecular complexity index is 555. The Kier molecular flexibility index (Phi) is 3.14. The van der Waals surface area contributed by atoms with Crippen molar-refractivity contribution in [2.24, 2.45) is 0 Å². The number of carbonyl (C=O) groups excluding carboxylic acids is 1. The van der Waals surface area contributed by atoms with Crippen LogP contribution in [0.4, 0.5) is 10.2 Å². The van der Waals surface area contributed by atoms with Crippen LogP contribution in [0.2, 0.25) is 0 Å². The monoisotopic (exact) mass is 230 g/mol. The molecule has 0 saturated heterocycles. The van der Waals surface area contributed by atoms with Crippen LogP contribution in [-0.4, -0.2) is 10.8 Å². The van der Waals surface area contributed by atoms with Crippen molar-refractivity contribution < 1.29 is 9.18 Å². The number of nitrogens with two attached hydrogens (primary N) is 1. The van der Waals surface area contributed by atoms with E-state index < -0.39 is 0 Å². The highest BCUT2D eigenvalue weighted by atomic mass is 19.1. The van der Waals surface area contributed by atoms with E-state index in [1.54, 1.807) is 24.3 Å². The molecule has 0 bridgehead atoms. The Balaban J connectivity index is 2.20. The number of hydrogen-bond donors (Lipinski definition) is 1. The second-order valence-corrected chi connectivity index (χ2v) is 3.67. The Morgan fingerprint density at radius 3 is 2.82 bits per heavy atom. The number of aromatic nitrogens is 1. The zero-order valence-corrected chi connectivity index (χ0v) is 9.06. The molecule has 86 valence electrons. The van der Waals surface area contributed by atoms with Crippen molar-refractivity contribution in [3.05, 3.63) is 59.5 Å².